The molecule has 0 N–H and O–H groups in total. The first-order valence-electron chi connectivity index (χ1n) is 23.3. The summed E-state index contributed by atoms with van der Waals surface area (Å²) in [5.74, 6) is 2.26. The highest BCUT2D eigenvalue weighted by molar-refractivity contribution is 6.10. The molecule has 0 aliphatic carbocycles. The molecule has 6 nitrogen and oxygen atoms in total. The standard InChI is InChI=1S/C61H57N5O/c1-59(2,3)44-28-29-63-57(35-44)66-54-27-24-40(38-62)30-53(54)52-26-25-50(37-56(52)66)67-49-21-14-20-47(36-49)64-39-65(48-33-45(60(4,5)6)32-46(34-48)61(7,8)9)58-51(22-15-23-55(58)64)43-19-13-18-42(31-43)41-16-11-10-12-17-41/h10-37H,39H2,1-9H3. The van der Waals surface area contributed by atoms with Crippen LogP contribution >= 0.6 is 0 Å². The SMILES string of the molecule is CC(C)(C)c1cc(N2CN(c3cccc(Oc4ccc5c6cc(C#N)ccc6n(-c6cc(C(C)(C)C)ccn6)c5c4)c3)c3cccc(-c4cccc(-c5ccccc5)c4)c32)cc(C(C)(C)C)c1. The monoisotopic (exact) mass is 875 g/mol. The van der Waals surface area contributed by atoms with Crippen LogP contribution in [0.1, 0.15) is 84.6 Å². The maximum absolute atomic E-state index is 9.85. The van der Waals surface area contributed by atoms with Crippen LogP contribution in [0.4, 0.5) is 22.7 Å². The second-order valence-electron chi connectivity index (χ2n) is 21.0. The number of benzene rings is 7. The molecular weight excluding hydrogens is 819 g/mol. The van der Waals surface area contributed by atoms with E-state index in [-0.39, 0.29) is 16.2 Å². The molecule has 67 heavy (non-hydrogen) atoms. The Labute approximate surface area is 395 Å². The van der Waals surface area contributed by atoms with E-state index < -0.39 is 0 Å². The van der Waals surface area contributed by atoms with Crippen molar-refractivity contribution in [2.45, 2.75) is 78.6 Å². The van der Waals surface area contributed by atoms with Crippen LogP contribution in [0.25, 0.3) is 49.9 Å². The van der Waals surface area contributed by atoms with Crippen LogP contribution in [0.3, 0.4) is 0 Å². The van der Waals surface area contributed by atoms with E-state index in [1.165, 1.54) is 50.3 Å². The van der Waals surface area contributed by atoms with Crippen molar-refractivity contribution in [3.63, 3.8) is 0 Å². The van der Waals surface area contributed by atoms with Crippen LogP contribution in [0, 0.1) is 11.3 Å². The molecule has 6 heteroatoms. The van der Waals surface area contributed by atoms with E-state index in [2.05, 4.69) is 216 Å². The number of nitriles is 1. The Morgan fingerprint density at radius 1 is 0.507 bits per heavy atom. The van der Waals surface area contributed by atoms with E-state index in [0.717, 1.165) is 44.7 Å². The minimum Gasteiger partial charge on any atom is -0.457 e. The summed E-state index contributed by atoms with van der Waals surface area (Å²) in [6.07, 6.45) is 1.89. The molecule has 0 bridgehead atoms. The molecule has 0 amide bonds. The third-order valence-electron chi connectivity index (χ3n) is 13.2. The second kappa shape index (κ2) is 16.4. The third-order valence-corrected chi connectivity index (χ3v) is 13.2. The lowest BCUT2D eigenvalue weighted by Gasteiger charge is -2.30. The summed E-state index contributed by atoms with van der Waals surface area (Å²) in [7, 11) is 0. The van der Waals surface area contributed by atoms with Crippen molar-refractivity contribution in [1.29, 1.82) is 5.26 Å². The molecule has 2 aromatic heterocycles. The van der Waals surface area contributed by atoms with Crippen molar-refractivity contribution in [1.82, 2.24) is 9.55 Å². The number of anilines is 4. The molecule has 3 heterocycles. The molecule has 7 aromatic carbocycles. The van der Waals surface area contributed by atoms with Crippen LogP contribution < -0.4 is 14.5 Å². The number of hydrogen-bond donors (Lipinski definition) is 0. The van der Waals surface area contributed by atoms with Crippen molar-refractivity contribution in [2.24, 2.45) is 0 Å². The van der Waals surface area contributed by atoms with Gasteiger partial charge in [0.25, 0.3) is 0 Å². The average Bonchev–Trinajstić information content (AvgIpc) is 3.87. The van der Waals surface area contributed by atoms with Gasteiger partial charge in [0, 0.05) is 46.0 Å². The maximum atomic E-state index is 9.85. The molecule has 0 unspecified atom stereocenters. The van der Waals surface area contributed by atoms with Gasteiger partial charge in [0.1, 0.15) is 24.0 Å². The van der Waals surface area contributed by atoms with Gasteiger partial charge >= 0.3 is 0 Å². The second-order valence-corrected chi connectivity index (χ2v) is 21.0. The first-order valence-corrected chi connectivity index (χ1v) is 23.3. The summed E-state index contributed by atoms with van der Waals surface area (Å²) in [5.41, 5.74) is 15.5. The lowest BCUT2D eigenvalue weighted by molar-refractivity contribution is 0.483. The number of para-hydroxylation sites is 1. The molecule has 0 atom stereocenters. The van der Waals surface area contributed by atoms with Gasteiger partial charge in [0.05, 0.1) is 34.0 Å². The molecule has 0 fully saturated rings. The van der Waals surface area contributed by atoms with E-state index in [0.29, 0.717) is 18.0 Å². The van der Waals surface area contributed by atoms with E-state index in [1.54, 1.807) is 0 Å². The molecule has 332 valence electrons. The zero-order valence-electron chi connectivity index (χ0n) is 40.0. The van der Waals surface area contributed by atoms with Gasteiger partial charge in [-0.1, -0.05) is 135 Å². The fourth-order valence-electron chi connectivity index (χ4n) is 9.35. The van der Waals surface area contributed by atoms with Crippen molar-refractivity contribution in [2.75, 3.05) is 16.5 Å². The Kier molecular flexibility index (Phi) is 10.6. The van der Waals surface area contributed by atoms with Crippen LogP contribution in [0.2, 0.25) is 0 Å². The predicted molar refractivity (Wildman–Crippen MR) is 279 cm³/mol. The molecule has 9 aromatic rings. The first-order chi connectivity index (χ1) is 32.0. The highest BCUT2D eigenvalue weighted by atomic mass is 16.5. The van der Waals surface area contributed by atoms with Gasteiger partial charge in [-0.15, -0.1) is 0 Å². The quantitative estimate of drug-likeness (QED) is 0.160. The summed E-state index contributed by atoms with van der Waals surface area (Å²) < 4.78 is 9.01. The normalized spacial score (nSPS) is 13.0. The van der Waals surface area contributed by atoms with E-state index >= 15 is 0 Å². The summed E-state index contributed by atoms with van der Waals surface area (Å²) in [4.78, 5) is 9.80. The molecule has 0 radical (unpaired) electrons. The summed E-state index contributed by atoms with van der Waals surface area (Å²) in [5, 5.41) is 11.9. The van der Waals surface area contributed by atoms with Crippen LogP contribution in [-0.4, -0.2) is 16.2 Å². The van der Waals surface area contributed by atoms with E-state index in [1.807, 2.05) is 36.5 Å². The molecule has 1 aliphatic rings. The van der Waals surface area contributed by atoms with Gasteiger partial charge in [-0.2, -0.15) is 5.26 Å². The Morgan fingerprint density at radius 3 is 1.93 bits per heavy atom. The summed E-state index contributed by atoms with van der Waals surface area (Å²) in [6, 6.07) is 60.5. The van der Waals surface area contributed by atoms with Gasteiger partial charge in [-0.05, 0) is 128 Å². The van der Waals surface area contributed by atoms with Crippen molar-refractivity contribution >= 4 is 44.6 Å². The summed E-state index contributed by atoms with van der Waals surface area (Å²) in [6.45, 7) is 21.1. The lowest BCUT2D eigenvalue weighted by Crippen LogP contribution is -2.25. The predicted octanol–water partition coefficient (Wildman–Crippen LogP) is 16.3. The summed E-state index contributed by atoms with van der Waals surface area (Å²) >= 11 is 0. The van der Waals surface area contributed by atoms with Crippen molar-refractivity contribution in [3.05, 3.63) is 192 Å². The molecule has 10 rings (SSSR count). The van der Waals surface area contributed by atoms with Crippen LogP contribution in [-0.2, 0) is 16.2 Å². The molecule has 0 saturated carbocycles. The van der Waals surface area contributed by atoms with Crippen molar-refractivity contribution < 1.29 is 4.74 Å². The maximum Gasteiger partial charge on any atom is 0.137 e. The van der Waals surface area contributed by atoms with Gasteiger partial charge in [-0.25, -0.2) is 4.98 Å². The molecule has 0 saturated heterocycles. The van der Waals surface area contributed by atoms with E-state index in [9.17, 15) is 5.26 Å². The molecule has 1 aliphatic heterocycles. The van der Waals surface area contributed by atoms with E-state index in [4.69, 9.17) is 9.72 Å². The zero-order valence-corrected chi connectivity index (χ0v) is 40.0. The Morgan fingerprint density at radius 2 is 1.19 bits per heavy atom. The van der Waals surface area contributed by atoms with Crippen LogP contribution in [0.5, 0.6) is 11.5 Å². The fraction of sp³-hybridized carbons (Fsp3) is 0.213. The number of aromatic nitrogens is 2. The van der Waals surface area contributed by atoms with Gasteiger partial charge in [-0.3, -0.25) is 4.57 Å². The minimum absolute atomic E-state index is 0.0443. The van der Waals surface area contributed by atoms with Crippen molar-refractivity contribution in [3.8, 4) is 45.6 Å². The fourth-order valence-corrected chi connectivity index (χ4v) is 9.35. The molecule has 0 spiro atoms. The first kappa shape index (κ1) is 43.3. The Hall–Kier alpha value is -7.62. The lowest BCUT2D eigenvalue weighted by atomic mass is 9.80. The number of ether oxygens (including phenoxy) is 1. The Balaban J connectivity index is 1.08. The highest BCUT2D eigenvalue weighted by Gasteiger charge is 2.33. The largest absolute Gasteiger partial charge is 0.457 e. The number of rotatable bonds is 7. The van der Waals surface area contributed by atoms with Gasteiger partial charge in [0.15, 0.2) is 0 Å². The van der Waals surface area contributed by atoms with Gasteiger partial charge < -0.3 is 14.5 Å². The number of nitrogens with zero attached hydrogens (tertiary/aromatic N) is 5. The smallest absolute Gasteiger partial charge is 0.137 e. The number of hydrogen-bond acceptors (Lipinski definition) is 5. The van der Waals surface area contributed by atoms with Gasteiger partial charge in [0.2, 0.25) is 0 Å². The zero-order chi connectivity index (χ0) is 46.8. The topological polar surface area (TPSA) is 57.3 Å². The Bertz CT molecular complexity index is 3360. The number of pyridine rings is 1. The third kappa shape index (κ3) is 8.21. The van der Waals surface area contributed by atoms with Crippen LogP contribution in [0.15, 0.2) is 170 Å². The average molecular weight is 876 g/mol. The molecular formula is C61H57N5O. The minimum atomic E-state index is -0.0581. The number of fused-ring (bicyclic) bond motifs is 4. The highest BCUT2D eigenvalue weighted by Crippen LogP contribution is 2.51.